The van der Waals surface area contributed by atoms with Crippen LogP contribution in [0.2, 0.25) is 0 Å². The first-order chi connectivity index (χ1) is 11.6. The van der Waals surface area contributed by atoms with E-state index >= 15 is 0 Å². The number of nitrogens with zero attached hydrogens (tertiary/aromatic N) is 1. The molecule has 0 radical (unpaired) electrons. The minimum absolute atomic E-state index is 0.212. The highest BCUT2D eigenvalue weighted by molar-refractivity contribution is 8.10. The molecule has 2 nitrogen and oxygen atoms in total. The number of aliphatic imine (C=N–C) groups is 1. The standard InChI is InChI=1S/C20H20N2S2/c1-12-2-8-16(9-3-12)24-20(23)22-19(21)14-6-4-13(5-7-14)17-10-15-11-18(15)17/h2-9,15,20,23H,10-11H2,1H3,(H2,21,22). The van der Waals surface area contributed by atoms with Gasteiger partial charge in [-0.3, -0.25) is 0 Å². The first kappa shape index (κ1) is 15.9. The molecule has 1 saturated carbocycles. The molecule has 2 atom stereocenters. The SMILES string of the molecule is Cc1ccc(SC(S)/N=C(\N)c2ccc(C3=C4CC4C3)cc2)cc1. The predicted molar refractivity (Wildman–Crippen MR) is 107 cm³/mol. The Labute approximate surface area is 152 Å². The summed E-state index contributed by atoms with van der Waals surface area (Å²) in [5, 5.41) is 0. The second-order valence-corrected chi connectivity index (χ2v) is 8.45. The van der Waals surface area contributed by atoms with E-state index < -0.39 is 0 Å². The van der Waals surface area contributed by atoms with Crippen LogP contribution in [0.1, 0.15) is 29.5 Å². The van der Waals surface area contributed by atoms with E-state index in [2.05, 4.69) is 73.1 Å². The minimum atomic E-state index is -0.212. The molecule has 0 aromatic heterocycles. The highest BCUT2D eigenvalue weighted by atomic mass is 32.2. The van der Waals surface area contributed by atoms with Crippen LogP contribution < -0.4 is 5.73 Å². The zero-order chi connectivity index (χ0) is 16.7. The van der Waals surface area contributed by atoms with Crippen LogP contribution in [0, 0.1) is 12.8 Å². The summed E-state index contributed by atoms with van der Waals surface area (Å²) in [6, 6.07) is 16.8. The van der Waals surface area contributed by atoms with Gasteiger partial charge in [-0.1, -0.05) is 59.3 Å². The average Bonchev–Trinajstić information content (AvgIpc) is 3.20. The van der Waals surface area contributed by atoms with Gasteiger partial charge in [0.1, 0.15) is 10.5 Å². The number of hydrogen-bond acceptors (Lipinski definition) is 3. The van der Waals surface area contributed by atoms with Crippen LogP contribution in [0.15, 0.2) is 64.0 Å². The maximum Gasteiger partial charge on any atom is 0.145 e. The fraction of sp³-hybridized carbons (Fsp3) is 0.250. The topological polar surface area (TPSA) is 38.4 Å². The van der Waals surface area contributed by atoms with Crippen molar-refractivity contribution in [3.63, 3.8) is 0 Å². The summed E-state index contributed by atoms with van der Waals surface area (Å²) in [6.07, 6.45) is 2.57. The van der Waals surface area contributed by atoms with Crippen LogP contribution in [0.5, 0.6) is 0 Å². The van der Waals surface area contributed by atoms with Gasteiger partial charge < -0.3 is 5.73 Å². The van der Waals surface area contributed by atoms with Gasteiger partial charge in [-0.05, 0) is 49.0 Å². The van der Waals surface area contributed by atoms with Crippen molar-refractivity contribution in [1.82, 2.24) is 0 Å². The molecule has 2 N–H and O–H groups in total. The lowest BCUT2D eigenvalue weighted by Crippen LogP contribution is -2.15. The Hall–Kier alpha value is -1.65. The third kappa shape index (κ3) is 3.26. The van der Waals surface area contributed by atoms with Gasteiger partial charge in [0.2, 0.25) is 0 Å². The number of aryl methyl sites for hydroxylation is 1. The maximum atomic E-state index is 6.16. The highest BCUT2D eigenvalue weighted by Crippen LogP contribution is 2.58. The molecular weight excluding hydrogens is 332 g/mol. The largest absolute Gasteiger partial charge is 0.383 e. The van der Waals surface area contributed by atoms with Gasteiger partial charge in [-0.15, -0.1) is 12.6 Å². The van der Waals surface area contributed by atoms with Crippen molar-refractivity contribution in [3.8, 4) is 0 Å². The van der Waals surface area contributed by atoms with Crippen molar-refractivity contribution < 1.29 is 0 Å². The van der Waals surface area contributed by atoms with Crippen molar-refractivity contribution in [2.75, 3.05) is 0 Å². The molecule has 122 valence electrons. The van der Waals surface area contributed by atoms with Crippen molar-refractivity contribution in [2.24, 2.45) is 16.6 Å². The Morgan fingerprint density at radius 2 is 1.83 bits per heavy atom. The van der Waals surface area contributed by atoms with Gasteiger partial charge in [0.05, 0.1) is 0 Å². The number of benzene rings is 2. The number of allylic oxidation sites excluding steroid dienone is 2. The van der Waals surface area contributed by atoms with Crippen LogP contribution in [-0.2, 0) is 0 Å². The van der Waals surface area contributed by atoms with Crippen molar-refractivity contribution in [3.05, 3.63) is 70.8 Å². The molecule has 0 spiro atoms. The van der Waals surface area contributed by atoms with Gasteiger partial charge in [0.15, 0.2) is 0 Å². The number of thiol groups is 1. The summed E-state index contributed by atoms with van der Waals surface area (Å²) in [6.45, 7) is 2.08. The lowest BCUT2D eigenvalue weighted by atomic mass is 9.91. The molecule has 4 rings (SSSR count). The molecule has 0 aliphatic heterocycles. The van der Waals surface area contributed by atoms with Crippen LogP contribution in [0.3, 0.4) is 0 Å². The molecule has 0 bridgehead atoms. The van der Waals surface area contributed by atoms with Crippen molar-refractivity contribution in [2.45, 2.75) is 29.4 Å². The third-order valence-corrected chi connectivity index (χ3v) is 5.97. The van der Waals surface area contributed by atoms with Crippen LogP contribution in [0.4, 0.5) is 0 Å². The fourth-order valence-corrected chi connectivity index (χ4v) is 4.31. The van der Waals surface area contributed by atoms with Gasteiger partial charge in [0.25, 0.3) is 0 Å². The number of nitrogens with two attached hydrogens (primary N) is 1. The van der Waals surface area contributed by atoms with Crippen LogP contribution >= 0.6 is 24.4 Å². The number of thioether (sulfide) groups is 1. The van der Waals surface area contributed by atoms with E-state index in [9.17, 15) is 0 Å². The number of hydrogen-bond donors (Lipinski definition) is 2. The average molecular weight is 353 g/mol. The highest BCUT2D eigenvalue weighted by Gasteiger charge is 2.42. The zero-order valence-electron chi connectivity index (χ0n) is 13.6. The quantitative estimate of drug-likeness (QED) is 0.264. The predicted octanol–water partition coefficient (Wildman–Crippen LogP) is 4.88. The van der Waals surface area contributed by atoms with E-state index in [0.29, 0.717) is 5.84 Å². The van der Waals surface area contributed by atoms with Crippen LogP contribution in [0.25, 0.3) is 5.57 Å². The van der Waals surface area contributed by atoms with Gasteiger partial charge >= 0.3 is 0 Å². The summed E-state index contributed by atoms with van der Waals surface area (Å²) in [5.41, 5.74) is 12.9. The minimum Gasteiger partial charge on any atom is -0.383 e. The van der Waals surface area contributed by atoms with E-state index in [4.69, 9.17) is 5.73 Å². The summed E-state index contributed by atoms with van der Waals surface area (Å²) < 4.78 is -0.212. The molecule has 0 heterocycles. The number of fused-ring (bicyclic) bond motifs is 1. The monoisotopic (exact) mass is 352 g/mol. The smallest absolute Gasteiger partial charge is 0.145 e. The summed E-state index contributed by atoms with van der Waals surface area (Å²) in [7, 11) is 0. The molecule has 24 heavy (non-hydrogen) atoms. The maximum absolute atomic E-state index is 6.16. The number of amidine groups is 1. The molecule has 2 aromatic rings. The van der Waals surface area contributed by atoms with Crippen molar-refractivity contribution in [1.29, 1.82) is 0 Å². The molecule has 1 fully saturated rings. The Morgan fingerprint density at radius 3 is 2.42 bits per heavy atom. The second kappa shape index (κ2) is 6.34. The van der Waals surface area contributed by atoms with E-state index in [1.807, 2.05) is 0 Å². The molecule has 0 amide bonds. The molecule has 0 saturated heterocycles. The molecule has 2 aliphatic carbocycles. The Morgan fingerprint density at radius 1 is 1.12 bits per heavy atom. The molecular formula is C20H20N2S2. The summed E-state index contributed by atoms with van der Waals surface area (Å²) in [5.74, 6) is 1.45. The fourth-order valence-electron chi connectivity index (χ4n) is 3.12. The van der Waals surface area contributed by atoms with E-state index in [-0.39, 0.29) is 4.71 Å². The summed E-state index contributed by atoms with van der Waals surface area (Å²) >= 11 is 6.13. The third-order valence-electron chi connectivity index (χ3n) is 4.68. The second-order valence-electron chi connectivity index (χ2n) is 6.46. The Bertz CT molecular complexity index is 820. The molecule has 2 aliphatic rings. The van der Waals surface area contributed by atoms with Crippen molar-refractivity contribution >= 4 is 35.8 Å². The lowest BCUT2D eigenvalue weighted by Gasteiger charge is -2.14. The Kier molecular flexibility index (Phi) is 4.19. The van der Waals surface area contributed by atoms with Crippen LogP contribution in [-0.4, -0.2) is 10.5 Å². The van der Waals surface area contributed by atoms with Gasteiger partial charge in [0, 0.05) is 10.5 Å². The Balaban J connectivity index is 1.43. The first-order valence-corrected chi connectivity index (χ1v) is 9.57. The van der Waals surface area contributed by atoms with E-state index in [1.54, 1.807) is 22.9 Å². The number of rotatable bonds is 5. The van der Waals surface area contributed by atoms with Gasteiger partial charge in [-0.25, -0.2) is 4.99 Å². The molecule has 2 aromatic carbocycles. The normalized spacial score (nSPS) is 20.4. The molecule has 4 heteroatoms. The van der Waals surface area contributed by atoms with E-state index in [1.165, 1.54) is 24.0 Å². The van der Waals surface area contributed by atoms with E-state index in [0.717, 1.165) is 16.4 Å². The summed E-state index contributed by atoms with van der Waals surface area (Å²) in [4.78, 5) is 5.65. The van der Waals surface area contributed by atoms with Gasteiger partial charge in [-0.2, -0.15) is 0 Å². The zero-order valence-corrected chi connectivity index (χ0v) is 15.3. The molecule has 2 unspecified atom stereocenters. The first-order valence-electron chi connectivity index (χ1n) is 8.17. The lowest BCUT2D eigenvalue weighted by molar-refractivity contribution is 0.869.